The van der Waals surface area contributed by atoms with Gasteiger partial charge in [0, 0.05) is 22.8 Å². The maximum Gasteiger partial charge on any atom is 0.288 e. The molecule has 0 atom stereocenters. The van der Waals surface area contributed by atoms with Gasteiger partial charge in [0.05, 0.1) is 4.92 Å². The van der Waals surface area contributed by atoms with Gasteiger partial charge in [-0.1, -0.05) is 34.1 Å². The minimum absolute atomic E-state index is 0.0811. The van der Waals surface area contributed by atoms with Crippen LogP contribution in [-0.4, -0.2) is 11.5 Å². The molecule has 16 heavy (non-hydrogen) atoms. The first-order valence-corrected chi connectivity index (χ1v) is 5.60. The zero-order valence-corrected chi connectivity index (χ0v) is 10.9. The van der Waals surface area contributed by atoms with Crippen LogP contribution in [0.4, 0.5) is 11.4 Å². The van der Waals surface area contributed by atoms with Gasteiger partial charge in [0.25, 0.3) is 5.69 Å². The summed E-state index contributed by atoms with van der Waals surface area (Å²) in [5.74, 6) is 0. The van der Waals surface area contributed by atoms with Crippen LogP contribution in [0.3, 0.4) is 0 Å². The molecule has 0 aliphatic rings. The van der Waals surface area contributed by atoms with Crippen molar-refractivity contribution in [2.24, 2.45) is 0 Å². The second kappa shape index (κ2) is 5.32. The number of nitrogens with zero attached hydrogens (tertiary/aromatic N) is 1. The number of nitro benzene ring substituents is 1. The molecule has 4 nitrogen and oxygen atoms in total. The zero-order valence-electron chi connectivity index (χ0n) is 8.59. The Balaban J connectivity index is 3.01. The first kappa shape index (κ1) is 13.0. The highest BCUT2D eigenvalue weighted by molar-refractivity contribution is 9.11. The molecule has 0 aliphatic heterocycles. The first-order valence-electron chi connectivity index (χ1n) is 4.43. The van der Waals surface area contributed by atoms with Crippen molar-refractivity contribution < 1.29 is 4.92 Å². The average Bonchev–Trinajstić information content (AvgIpc) is 2.18. The summed E-state index contributed by atoms with van der Waals surface area (Å²) in [6.07, 6.45) is 0. The molecule has 0 aromatic heterocycles. The summed E-state index contributed by atoms with van der Waals surface area (Å²) in [5, 5.41) is 13.8. The van der Waals surface area contributed by atoms with E-state index in [-0.39, 0.29) is 10.7 Å². The van der Waals surface area contributed by atoms with E-state index in [1.54, 1.807) is 13.0 Å². The molecule has 1 rings (SSSR count). The van der Waals surface area contributed by atoms with E-state index in [0.29, 0.717) is 6.54 Å². The molecule has 0 spiro atoms. The molecular formula is C10H10BrClN2O2. The molecule has 0 fully saturated rings. The Bertz CT molecular complexity index is 449. The lowest BCUT2D eigenvalue weighted by Crippen LogP contribution is -2.03. The lowest BCUT2D eigenvalue weighted by molar-refractivity contribution is -0.384. The largest absolute Gasteiger partial charge is 0.380 e. The van der Waals surface area contributed by atoms with Gasteiger partial charge in [-0.2, -0.15) is 0 Å². The molecule has 1 N–H and O–H groups in total. The summed E-state index contributed by atoms with van der Waals surface area (Å²) in [6.45, 7) is 6.00. The van der Waals surface area contributed by atoms with Crippen LogP contribution in [0.15, 0.2) is 23.2 Å². The van der Waals surface area contributed by atoms with Gasteiger partial charge in [-0.15, -0.1) is 0 Å². The number of nitrogens with one attached hydrogen (secondary N) is 1. The third kappa shape index (κ3) is 3.21. The molecule has 6 heteroatoms. The molecular weight excluding hydrogens is 295 g/mol. The van der Waals surface area contributed by atoms with Gasteiger partial charge in [-0.25, -0.2) is 0 Å². The van der Waals surface area contributed by atoms with Crippen LogP contribution in [-0.2, 0) is 0 Å². The normalized spacial score (nSPS) is 9.94. The molecule has 0 unspecified atom stereocenters. The van der Waals surface area contributed by atoms with Gasteiger partial charge in [-0.05, 0) is 18.6 Å². The van der Waals surface area contributed by atoms with E-state index < -0.39 is 4.92 Å². The second-order valence-corrected chi connectivity index (χ2v) is 4.78. The summed E-state index contributed by atoms with van der Waals surface area (Å²) in [5.41, 5.74) is 1.45. The molecule has 0 aliphatic carbocycles. The summed E-state index contributed by atoms with van der Waals surface area (Å²) in [6, 6.07) is 2.99. The summed E-state index contributed by atoms with van der Waals surface area (Å²) in [7, 11) is 0. The maximum absolute atomic E-state index is 10.6. The Labute approximate surface area is 107 Å². The van der Waals surface area contributed by atoms with E-state index in [1.807, 2.05) is 0 Å². The number of hydrogen-bond acceptors (Lipinski definition) is 3. The Kier molecular flexibility index (Phi) is 4.32. The zero-order chi connectivity index (χ0) is 12.3. The van der Waals surface area contributed by atoms with Gasteiger partial charge < -0.3 is 5.32 Å². The van der Waals surface area contributed by atoms with Crippen molar-refractivity contribution in [3.8, 4) is 0 Å². The van der Waals surface area contributed by atoms with Crippen molar-refractivity contribution in [2.45, 2.75) is 6.92 Å². The number of hydrogen-bond donors (Lipinski definition) is 1. The number of benzene rings is 1. The molecule has 0 saturated heterocycles. The highest BCUT2D eigenvalue weighted by Crippen LogP contribution is 2.30. The minimum atomic E-state index is -0.497. The van der Waals surface area contributed by atoms with Gasteiger partial charge in [0.15, 0.2) is 0 Å². The fourth-order valence-electron chi connectivity index (χ4n) is 1.19. The predicted octanol–water partition coefficient (Wildman–Crippen LogP) is 3.88. The maximum atomic E-state index is 10.6. The molecule has 86 valence electrons. The van der Waals surface area contributed by atoms with Crippen molar-refractivity contribution in [1.82, 2.24) is 0 Å². The molecule has 0 radical (unpaired) electrons. The van der Waals surface area contributed by atoms with Crippen LogP contribution in [0.2, 0.25) is 5.02 Å². The van der Waals surface area contributed by atoms with E-state index in [0.717, 1.165) is 15.7 Å². The van der Waals surface area contributed by atoms with Crippen LogP contribution in [0.1, 0.15) is 5.56 Å². The molecule has 0 bridgehead atoms. The van der Waals surface area contributed by atoms with Gasteiger partial charge >= 0.3 is 0 Å². The second-order valence-electron chi connectivity index (χ2n) is 3.25. The van der Waals surface area contributed by atoms with Crippen LogP contribution in [0.25, 0.3) is 0 Å². The number of rotatable bonds is 4. The third-order valence-corrected chi connectivity index (χ3v) is 2.54. The lowest BCUT2D eigenvalue weighted by atomic mass is 10.2. The average molecular weight is 306 g/mol. The first-order chi connectivity index (χ1) is 7.41. The Morgan fingerprint density at radius 2 is 2.31 bits per heavy atom. The number of nitro groups is 1. The summed E-state index contributed by atoms with van der Waals surface area (Å²) < 4.78 is 0.793. The van der Waals surface area contributed by atoms with E-state index in [4.69, 9.17) is 11.6 Å². The van der Waals surface area contributed by atoms with E-state index >= 15 is 0 Å². The highest BCUT2D eigenvalue weighted by atomic mass is 79.9. The molecule has 0 amide bonds. The topological polar surface area (TPSA) is 55.2 Å². The van der Waals surface area contributed by atoms with Crippen molar-refractivity contribution in [1.29, 1.82) is 0 Å². The summed E-state index contributed by atoms with van der Waals surface area (Å²) >= 11 is 9.01. The van der Waals surface area contributed by atoms with E-state index in [1.165, 1.54) is 6.07 Å². The van der Waals surface area contributed by atoms with Gasteiger partial charge in [-0.3, -0.25) is 10.1 Å². The molecule has 0 saturated carbocycles. The van der Waals surface area contributed by atoms with Crippen LogP contribution in [0.5, 0.6) is 0 Å². The van der Waals surface area contributed by atoms with Gasteiger partial charge in [0.2, 0.25) is 0 Å². The SMILES string of the molecule is C=C(Br)CNc1cc(Cl)c([N+](=O)[O-])cc1C. The quantitative estimate of drug-likeness (QED) is 0.678. The third-order valence-electron chi connectivity index (χ3n) is 1.96. The van der Waals surface area contributed by atoms with Crippen molar-refractivity contribution >= 4 is 38.9 Å². The monoisotopic (exact) mass is 304 g/mol. The minimum Gasteiger partial charge on any atom is -0.380 e. The van der Waals surface area contributed by atoms with Crippen LogP contribution < -0.4 is 5.32 Å². The smallest absolute Gasteiger partial charge is 0.288 e. The molecule has 1 aromatic rings. The Morgan fingerprint density at radius 1 is 1.69 bits per heavy atom. The fourth-order valence-corrected chi connectivity index (χ4v) is 1.56. The highest BCUT2D eigenvalue weighted by Gasteiger charge is 2.14. The Hall–Kier alpha value is -1.07. The van der Waals surface area contributed by atoms with Crippen molar-refractivity contribution in [2.75, 3.05) is 11.9 Å². The standard InChI is InChI=1S/C10H10BrClN2O2/c1-6-3-10(14(15)16)8(12)4-9(6)13-5-7(2)11/h3-4,13H,2,5H2,1H3. The number of anilines is 1. The number of halogens is 2. The van der Waals surface area contributed by atoms with E-state index in [9.17, 15) is 10.1 Å². The molecule has 0 heterocycles. The van der Waals surface area contributed by atoms with E-state index in [2.05, 4.69) is 27.8 Å². The number of aryl methyl sites for hydroxylation is 1. The van der Waals surface area contributed by atoms with Crippen molar-refractivity contribution in [3.63, 3.8) is 0 Å². The predicted molar refractivity (Wildman–Crippen MR) is 69.4 cm³/mol. The van der Waals surface area contributed by atoms with Crippen LogP contribution in [0, 0.1) is 17.0 Å². The van der Waals surface area contributed by atoms with Crippen LogP contribution >= 0.6 is 27.5 Å². The Morgan fingerprint density at radius 3 is 2.81 bits per heavy atom. The van der Waals surface area contributed by atoms with Crippen molar-refractivity contribution in [3.05, 3.63) is 43.9 Å². The fraction of sp³-hybridized carbons (Fsp3) is 0.200. The lowest BCUT2D eigenvalue weighted by Gasteiger charge is -2.09. The summed E-state index contributed by atoms with van der Waals surface area (Å²) in [4.78, 5) is 10.1. The molecule has 1 aromatic carbocycles. The van der Waals surface area contributed by atoms with Gasteiger partial charge in [0.1, 0.15) is 5.02 Å².